The van der Waals surface area contributed by atoms with Gasteiger partial charge in [-0.25, -0.2) is 9.97 Å². The van der Waals surface area contributed by atoms with Crippen LogP contribution in [-0.2, 0) is 19.5 Å². The normalized spacial score (nSPS) is 14.6. The zero-order valence-corrected chi connectivity index (χ0v) is 15.8. The van der Waals surface area contributed by atoms with E-state index >= 15 is 0 Å². The summed E-state index contributed by atoms with van der Waals surface area (Å²) in [5, 5.41) is 0.732. The molecule has 3 aromatic rings. The molecule has 134 valence electrons. The SMILES string of the molecule is CC(C)c1ncc2c(n1)CCN(Cc1ccc(-c3ccc(Cl)cc3)o1)C2. The Morgan fingerprint density at radius 1 is 1.15 bits per heavy atom. The number of hydrogen-bond acceptors (Lipinski definition) is 4. The van der Waals surface area contributed by atoms with E-state index < -0.39 is 0 Å². The first-order valence-electron chi connectivity index (χ1n) is 9.00. The molecule has 0 aliphatic carbocycles. The molecule has 0 amide bonds. The molecule has 1 aliphatic rings. The van der Waals surface area contributed by atoms with Gasteiger partial charge < -0.3 is 4.42 Å². The van der Waals surface area contributed by atoms with E-state index in [2.05, 4.69) is 29.8 Å². The highest BCUT2D eigenvalue weighted by Gasteiger charge is 2.20. The summed E-state index contributed by atoms with van der Waals surface area (Å²) in [5.41, 5.74) is 3.46. The number of hydrogen-bond donors (Lipinski definition) is 0. The van der Waals surface area contributed by atoms with Gasteiger partial charge in [0.05, 0.1) is 6.54 Å². The number of halogens is 1. The van der Waals surface area contributed by atoms with Crippen LogP contribution in [0.5, 0.6) is 0 Å². The number of aromatic nitrogens is 2. The second-order valence-electron chi connectivity index (χ2n) is 7.09. The summed E-state index contributed by atoms with van der Waals surface area (Å²) in [7, 11) is 0. The van der Waals surface area contributed by atoms with Crippen molar-refractivity contribution < 1.29 is 4.42 Å². The minimum atomic E-state index is 0.368. The molecule has 0 radical (unpaired) electrons. The van der Waals surface area contributed by atoms with Crippen LogP contribution in [0.15, 0.2) is 47.0 Å². The molecule has 0 unspecified atom stereocenters. The van der Waals surface area contributed by atoms with Crippen LogP contribution in [0.4, 0.5) is 0 Å². The molecule has 0 saturated carbocycles. The molecular weight excluding hydrogens is 346 g/mol. The predicted octanol–water partition coefficient (Wildman–Crippen LogP) is 5.07. The third-order valence-electron chi connectivity index (χ3n) is 4.72. The van der Waals surface area contributed by atoms with Gasteiger partial charge in [-0.3, -0.25) is 4.90 Å². The number of furan rings is 1. The third kappa shape index (κ3) is 3.67. The van der Waals surface area contributed by atoms with E-state index in [1.54, 1.807) is 0 Å². The summed E-state index contributed by atoms with van der Waals surface area (Å²) < 4.78 is 6.03. The van der Waals surface area contributed by atoms with Crippen molar-refractivity contribution in [3.8, 4) is 11.3 Å². The van der Waals surface area contributed by atoms with Gasteiger partial charge in [-0.1, -0.05) is 25.4 Å². The fourth-order valence-electron chi connectivity index (χ4n) is 3.26. The Bertz CT molecular complexity index is 902. The monoisotopic (exact) mass is 367 g/mol. The molecule has 4 nitrogen and oxygen atoms in total. The molecule has 2 aromatic heterocycles. The molecular formula is C21H22ClN3O. The summed E-state index contributed by atoms with van der Waals surface area (Å²) in [5.74, 6) is 3.15. The van der Waals surface area contributed by atoms with Crippen LogP contribution in [0.3, 0.4) is 0 Å². The summed E-state index contributed by atoms with van der Waals surface area (Å²) in [6, 6.07) is 11.8. The minimum Gasteiger partial charge on any atom is -0.460 e. The molecule has 5 heteroatoms. The first kappa shape index (κ1) is 17.3. The van der Waals surface area contributed by atoms with Crippen molar-refractivity contribution in [3.63, 3.8) is 0 Å². The van der Waals surface area contributed by atoms with Crippen molar-refractivity contribution in [2.45, 2.75) is 39.3 Å². The van der Waals surface area contributed by atoms with E-state index in [9.17, 15) is 0 Å². The van der Waals surface area contributed by atoms with Gasteiger partial charge in [0.25, 0.3) is 0 Å². The van der Waals surface area contributed by atoms with E-state index in [1.807, 2.05) is 36.5 Å². The Morgan fingerprint density at radius 3 is 2.73 bits per heavy atom. The average Bonchev–Trinajstić information content (AvgIpc) is 3.10. The number of benzene rings is 1. The fraction of sp³-hybridized carbons (Fsp3) is 0.333. The van der Waals surface area contributed by atoms with Crippen molar-refractivity contribution in [3.05, 3.63) is 70.5 Å². The van der Waals surface area contributed by atoms with Crippen LogP contribution in [0.25, 0.3) is 11.3 Å². The smallest absolute Gasteiger partial charge is 0.134 e. The fourth-order valence-corrected chi connectivity index (χ4v) is 3.38. The number of rotatable bonds is 4. The lowest BCUT2D eigenvalue weighted by atomic mass is 10.1. The van der Waals surface area contributed by atoms with Crippen LogP contribution in [-0.4, -0.2) is 21.4 Å². The Balaban J connectivity index is 1.45. The largest absolute Gasteiger partial charge is 0.460 e. The van der Waals surface area contributed by atoms with Crippen molar-refractivity contribution in [1.29, 1.82) is 0 Å². The average molecular weight is 368 g/mol. The van der Waals surface area contributed by atoms with Gasteiger partial charge in [0.15, 0.2) is 0 Å². The molecule has 1 aromatic carbocycles. The van der Waals surface area contributed by atoms with Crippen LogP contribution >= 0.6 is 11.6 Å². The van der Waals surface area contributed by atoms with Crippen molar-refractivity contribution >= 4 is 11.6 Å². The standard InChI is InChI=1S/C21H22ClN3O/c1-14(2)21-23-11-16-12-25(10-9-19(16)24-21)13-18-7-8-20(26-18)15-3-5-17(22)6-4-15/h3-8,11,14H,9-10,12-13H2,1-2H3. The molecule has 3 heterocycles. The summed E-state index contributed by atoms with van der Waals surface area (Å²) in [6.45, 7) is 6.90. The second-order valence-corrected chi connectivity index (χ2v) is 7.52. The maximum atomic E-state index is 6.03. The van der Waals surface area contributed by atoms with E-state index in [-0.39, 0.29) is 0 Å². The zero-order valence-electron chi connectivity index (χ0n) is 15.1. The molecule has 0 atom stereocenters. The highest BCUT2D eigenvalue weighted by Crippen LogP contribution is 2.26. The summed E-state index contributed by atoms with van der Waals surface area (Å²) >= 11 is 5.95. The van der Waals surface area contributed by atoms with Gasteiger partial charge in [-0.05, 0) is 36.4 Å². The molecule has 0 spiro atoms. The number of nitrogens with zero attached hydrogens (tertiary/aromatic N) is 3. The molecule has 0 N–H and O–H groups in total. The third-order valence-corrected chi connectivity index (χ3v) is 4.97. The first-order valence-corrected chi connectivity index (χ1v) is 9.38. The zero-order chi connectivity index (χ0) is 18.1. The highest BCUT2D eigenvalue weighted by molar-refractivity contribution is 6.30. The van der Waals surface area contributed by atoms with Gasteiger partial charge in [0.1, 0.15) is 17.3 Å². The molecule has 1 aliphatic heterocycles. The van der Waals surface area contributed by atoms with Gasteiger partial charge >= 0.3 is 0 Å². The number of fused-ring (bicyclic) bond motifs is 1. The minimum absolute atomic E-state index is 0.368. The highest BCUT2D eigenvalue weighted by atomic mass is 35.5. The summed E-state index contributed by atoms with van der Waals surface area (Å²) in [6.07, 6.45) is 2.95. The Morgan fingerprint density at radius 2 is 1.96 bits per heavy atom. The molecule has 0 saturated heterocycles. The first-order chi connectivity index (χ1) is 12.6. The second kappa shape index (κ2) is 7.22. The lowest BCUT2D eigenvalue weighted by Crippen LogP contribution is -2.31. The van der Waals surface area contributed by atoms with E-state index in [1.165, 1.54) is 11.3 Å². The van der Waals surface area contributed by atoms with E-state index in [4.69, 9.17) is 21.0 Å². The Hall–Kier alpha value is -2.17. The Labute approximate surface area is 158 Å². The quantitative estimate of drug-likeness (QED) is 0.645. The molecule has 0 fully saturated rings. The Kier molecular flexibility index (Phi) is 4.79. The molecule has 0 bridgehead atoms. The van der Waals surface area contributed by atoms with Crippen molar-refractivity contribution in [2.24, 2.45) is 0 Å². The molecule has 4 rings (SSSR count). The van der Waals surface area contributed by atoms with Gasteiger partial charge in [-0.15, -0.1) is 0 Å². The molecule has 26 heavy (non-hydrogen) atoms. The van der Waals surface area contributed by atoms with Crippen LogP contribution in [0, 0.1) is 0 Å². The van der Waals surface area contributed by atoms with E-state index in [0.717, 1.165) is 54.0 Å². The van der Waals surface area contributed by atoms with Gasteiger partial charge in [0, 0.05) is 53.5 Å². The summed E-state index contributed by atoms with van der Waals surface area (Å²) in [4.78, 5) is 11.6. The lowest BCUT2D eigenvalue weighted by Gasteiger charge is -2.27. The van der Waals surface area contributed by atoms with E-state index in [0.29, 0.717) is 5.92 Å². The predicted molar refractivity (Wildman–Crippen MR) is 103 cm³/mol. The maximum Gasteiger partial charge on any atom is 0.134 e. The van der Waals surface area contributed by atoms with Crippen molar-refractivity contribution in [1.82, 2.24) is 14.9 Å². The van der Waals surface area contributed by atoms with Crippen LogP contribution < -0.4 is 0 Å². The van der Waals surface area contributed by atoms with Gasteiger partial charge in [0.2, 0.25) is 0 Å². The van der Waals surface area contributed by atoms with Crippen molar-refractivity contribution in [2.75, 3.05) is 6.54 Å². The topological polar surface area (TPSA) is 42.2 Å². The lowest BCUT2D eigenvalue weighted by molar-refractivity contribution is 0.224. The maximum absolute atomic E-state index is 6.03. The van der Waals surface area contributed by atoms with Gasteiger partial charge in [-0.2, -0.15) is 0 Å². The van der Waals surface area contributed by atoms with Crippen LogP contribution in [0.1, 0.15) is 42.6 Å². The van der Waals surface area contributed by atoms with Crippen LogP contribution in [0.2, 0.25) is 5.02 Å².